The molecular weight excluding hydrogens is 248 g/mol. The van der Waals surface area contributed by atoms with Crippen LogP contribution in [0, 0.1) is 0 Å². The molecule has 6 heteroatoms. The fourth-order valence-corrected chi connectivity index (χ4v) is 1.54. The lowest BCUT2D eigenvalue weighted by Gasteiger charge is -2.15. The lowest BCUT2D eigenvalue weighted by atomic mass is 10.3. The Kier molecular flexibility index (Phi) is 7.17. The molecule has 1 N–H and O–H groups in total. The Bertz CT molecular complexity index is 378. The molecule has 1 heterocycles. The number of carbonyl (C=O) groups is 1. The number of nitrogens with one attached hydrogen (secondary N) is 1. The van der Waals surface area contributed by atoms with E-state index in [0.29, 0.717) is 12.1 Å². The minimum Gasteiger partial charge on any atom is -0.467 e. The maximum Gasteiger partial charge on any atom is 0.341 e. The zero-order chi connectivity index (χ0) is 14.1. The first kappa shape index (κ1) is 15.7. The molecule has 1 aromatic rings. The van der Waals surface area contributed by atoms with Gasteiger partial charge in [0.05, 0.1) is 25.8 Å². The van der Waals surface area contributed by atoms with E-state index in [1.165, 1.54) is 13.4 Å². The highest BCUT2D eigenvalue weighted by Crippen LogP contribution is 2.08. The van der Waals surface area contributed by atoms with Gasteiger partial charge in [0, 0.05) is 26.7 Å². The largest absolute Gasteiger partial charge is 0.467 e. The van der Waals surface area contributed by atoms with Crippen molar-refractivity contribution in [3.63, 3.8) is 0 Å². The molecule has 108 valence electrons. The van der Waals surface area contributed by atoms with Crippen LogP contribution < -0.4 is 5.32 Å². The van der Waals surface area contributed by atoms with Crippen LogP contribution in [0.1, 0.15) is 16.1 Å². The molecule has 19 heavy (non-hydrogen) atoms. The van der Waals surface area contributed by atoms with Gasteiger partial charge in [-0.25, -0.2) is 4.79 Å². The molecule has 0 unspecified atom stereocenters. The summed E-state index contributed by atoms with van der Waals surface area (Å²) in [5, 5.41) is 3.25. The van der Waals surface area contributed by atoms with E-state index < -0.39 is 0 Å². The standard InChI is InChI=1S/C13H22N2O4/c1-15(6-7-17-2)5-4-14-9-12-8-11(10-19-12)13(16)18-3/h8,10,14H,4-7,9H2,1-3H3. The number of nitrogens with zero attached hydrogens (tertiary/aromatic N) is 1. The number of carbonyl (C=O) groups excluding carboxylic acids is 1. The number of ether oxygens (including phenoxy) is 2. The summed E-state index contributed by atoms with van der Waals surface area (Å²) in [6.07, 6.45) is 1.41. The van der Waals surface area contributed by atoms with E-state index in [0.717, 1.165) is 32.0 Å². The van der Waals surface area contributed by atoms with Crippen molar-refractivity contribution in [1.82, 2.24) is 10.2 Å². The van der Waals surface area contributed by atoms with Gasteiger partial charge in [-0.2, -0.15) is 0 Å². The highest BCUT2D eigenvalue weighted by Gasteiger charge is 2.09. The number of hydrogen-bond donors (Lipinski definition) is 1. The van der Waals surface area contributed by atoms with Gasteiger partial charge < -0.3 is 24.1 Å². The lowest BCUT2D eigenvalue weighted by molar-refractivity contribution is 0.0600. The van der Waals surface area contributed by atoms with Gasteiger partial charge in [-0.1, -0.05) is 0 Å². The highest BCUT2D eigenvalue weighted by atomic mass is 16.5. The topological polar surface area (TPSA) is 63.9 Å². The summed E-state index contributed by atoms with van der Waals surface area (Å²) >= 11 is 0. The third kappa shape index (κ3) is 5.87. The van der Waals surface area contributed by atoms with E-state index in [-0.39, 0.29) is 5.97 Å². The van der Waals surface area contributed by atoms with Crippen LogP contribution in [0.2, 0.25) is 0 Å². The third-order valence-corrected chi connectivity index (χ3v) is 2.72. The van der Waals surface area contributed by atoms with E-state index in [2.05, 4.69) is 15.0 Å². The Morgan fingerprint density at radius 1 is 1.42 bits per heavy atom. The molecule has 0 amide bonds. The summed E-state index contributed by atoms with van der Waals surface area (Å²) in [5.41, 5.74) is 0.441. The molecule has 0 aromatic carbocycles. The van der Waals surface area contributed by atoms with Crippen molar-refractivity contribution in [2.24, 2.45) is 0 Å². The third-order valence-electron chi connectivity index (χ3n) is 2.72. The van der Waals surface area contributed by atoms with E-state index in [4.69, 9.17) is 9.15 Å². The summed E-state index contributed by atoms with van der Waals surface area (Å²) in [5.74, 6) is 0.342. The van der Waals surface area contributed by atoms with Crippen LogP contribution in [0.25, 0.3) is 0 Å². The molecule has 0 aliphatic carbocycles. The first-order chi connectivity index (χ1) is 9.17. The minimum absolute atomic E-state index is 0.380. The van der Waals surface area contributed by atoms with Crippen LogP contribution in [0.5, 0.6) is 0 Å². The second-order valence-corrected chi connectivity index (χ2v) is 4.27. The smallest absolute Gasteiger partial charge is 0.341 e. The molecule has 0 aliphatic heterocycles. The van der Waals surface area contributed by atoms with Gasteiger partial charge in [0.1, 0.15) is 12.0 Å². The Balaban J connectivity index is 2.19. The van der Waals surface area contributed by atoms with Crippen LogP contribution in [0.4, 0.5) is 0 Å². The monoisotopic (exact) mass is 270 g/mol. The fraction of sp³-hybridized carbons (Fsp3) is 0.615. The average Bonchev–Trinajstić information content (AvgIpc) is 2.89. The lowest BCUT2D eigenvalue weighted by Crippen LogP contribution is -2.31. The number of esters is 1. The molecule has 0 fully saturated rings. The average molecular weight is 270 g/mol. The molecule has 0 radical (unpaired) electrons. The second-order valence-electron chi connectivity index (χ2n) is 4.27. The van der Waals surface area contributed by atoms with E-state index in [1.807, 2.05) is 7.05 Å². The van der Waals surface area contributed by atoms with Gasteiger partial charge in [-0.15, -0.1) is 0 Å². The molecule has 0 bridgehead atoms. The number of furan rings is 1. The van der Waals surface area contributed by atoms with Crippen molar-refractivity contribution in [3.05, 3.63) is 23.7 Å². The van der Waals surface area contributed by atoms with Gasteiger partial charge in [0.15, 0.2) is 0 Å². The molecule has 0 saturated carbocycles. The summed E-state index contributed by atoms with van der Waals surface area (Å²) in [7, 11) is 5.09. The van der Waals surface area contributed by atoms with Gasteiger partial charge >= 0.3 is 5.97 Å². The van der Waals surface area contributed by atoms with Crippen molar-refractivity contribution in [2.75, 3.05) is 47.5 Å². The highest BCUT2D eigenvalue weighted by molar-refractivity contribution is 5.88. The Labute approximate surface area is 113 Å². The molecule has 0 spiro atoms. The molecular formula is C13H22N2O4. The molecule has 6 nitrogen and oxygen atoms in total. The van der Waals surface area contributed by atoms with Crippen LogP contribution in [-0.2, 0) is 16.0 Å². The zero-order valence-corrected chi connectivity index (χ0v) is 11.8. The molecule has 0 atom stereocenters. The van der Waals surface area contributed by atoms with Crippen molar-refractivity contribution in [2.45, 2.75) is 6.54 Å². The maximum absolute atomic E-state index is 11.2. The summed E-state index contributed by atoms with van der Waals surface area (Å²) in [6.45, 7) is 4.00. The Morgan fingerprint density at radius 2 is 2.21 bits per heavy atom. The minimum atomic E-state index is -0.380. The number of likely N-dealkylation sites (N-methyl/N-ethyl adjacent to an activating group) is 1. The molecule has 0 saturated heterocycles. The predicted molar refractivity (Wildman–Crippen MR) is 71.1 cm³/mol. The van der Waals surface area contributed by atoms with Crippen LogP contribution in [0.3, 0.4) is 0 Å². The summed E-state index contributed by atoms with van der Waals surface area (Å²) < 4.78 is 14.9. The summed E-state index contributed by atoms with van der Waals surface area (Å²) in [4.78, 5) is 13.4. The first-order valence-electron chi connectivity index (χ1n) is 6.21. The normalized spacial score (nSPS) is 10.9. The van der Waals surface area contributed by atoms with Crippen molar-refractivity contribution < 1.29 is 18.7 Å². The van der Waals surface area contributed by atoms with Crippen molar-refractivity contribution >= 4 is 5.97 Å². The SMILES string of the molecule is COCCN(C)CCNCc1cc(C(=O)OC)co1. The van der Waals surface area contributed by atoms with Crippen LogP contribution in [-0.4, -0.2) is 58.4 Å². The Hall–Kier alpha value is -1.37. The van der Waals surface area contributed by atoms with Gasteiger partial charge in [0.2, 0.25) is 0 Å². The van der Waals surface area contributed by atoms with Crippen LogP contribution in [0.15, 0.2) is 16.7 Å². The molecule has 0 aliphatic rings. The second kappa shape index (κ2) is 8.68. The molecule has 1 rings (SSSR count). The number of methoxy groups -OCH3 is 2. The van der Waals surface area contributed by atoms with Gasteiger partial charge in [-0.3, -0.25) is 0 Å². The fourth-order valence-electron chi connectivity index (χ4n) is 1.54. The van der Waals surface area contributed by atoms with Gasteiger partial charge in [0.25, 0.3) is 0 Å². The number of hydrogen-bond acceptors (Lipinski definition) is 6. The quantitative estimate of drug-likeness (QED) is 0.527. The van der Waals surface area contributed by atoms with Crippen molar-refractivity contribution in [3.8, 4) is 0 Å². The Morgan fingerprint density at radius 3 is 2.89 bits per heavy atom. The van der Waals surface area contributed by atoms with Gasteiger partial charge in [-0.05, 0) is 13.1 Å². The van der Waals surface area contributed by atoms with Crippen molar-refractivity contribution in [1.29, 1.82) is 0 Å². The van der Waals surface area contributed by atoms with Crippen LogP contribution >= 0.6 is 0 Å². The van der Waals surface area contributed by atoms with E-state index in [9.17, 15) is 4.79 Å². The predicted octanol–water partition coefficient (Wildman–Crippen LogP) is 0.734. The number of rotatable bonds is 9. The zero-order valence-electron chi connectivity index (χ0n) is 11.8. The van der Waals surface area contributed by atoms with E-state index >= 15 is 0 Å². The van der Waals surface area contributed by atoms with E-state index in [1.54, 1.807) is 13.2 Å². The first-order valence-corrected chi connectivity index (χ1v) is 6.21. The maximum atomic E-state index is 11.2. The molecule has 1 aromatic heterocycles. The summed E-state index contributed by atoms with van der Waals surface area (Å²) in [6, 6.07) is 1.69.